The van der Waals surface area contributed by atoms with Gasteiger partial charge in [-0.2, -0.15) is 26.6 Å². The van der Waals surface area contributed by atoms with Crippen molar-refractivity contribution in [2.45, 2.75) is 63.1 Å². The molecule has 2 aromatic heterocycles. The number of pyridine rings is 1. The van der Waals surface area contributed by atoms with E-state index in [1.54, 1.807) is 0 Å². The van der Waals surface area contributed by atoms with Crippen molar-refractivity contribution in [3.05, 3.63) is 71.5 Å². The van der Waals surface area contributed by atoms with E-state index in [0.29, 0.717) is 36.6 Å². The zero-order chi connectivity index (χ0) is 33.0. The third-order valence-corrected chi connectivity index (χ3v) is 10.0. The molecule has 4 heterocycles. The zero-order valence-corrected chi connectivity index (χ0v) is 27.2. The van der Waals surface area contributed by atoms with Crippen molar-refractivity contribution in [1.82, 2.24) is 19.9 Å². The Morgan fingerprint density at radius 3 is 2.30 bits per heavy atom. The smallest absolute Gasteiger partial charge is 0.309 e. The first-order valence-corrected chi connectivity index (χ1v) is 18.0. The zero-order valence-electron chi connectivity index (χ0n) is 26.4. The number of aromatic nitrogens is 3. The minimum absolute atomic E-state index is 0.000765. The van der Waals surface area contributed by atoms with Gasteiger partial charge in [-0.1, -0.05) is 36.4 Å². The Balaban J connectivity index is 1.03. The van der Waals surface area contributed by atoms with E-state index >= 15 is 0 Å². The molecule has 2 saturated heterocycles. The molecular weight excluding hydrogens is 633 g/mol. The molecule has 3 aromatic rings. The number of benzene rings is 1. The topological polar surface area (TPSA) is 110 Å². The lowest BCUT2D eigenvalue weighted by Crippen LogP contribution is -2.37. The van der Waals surface area contributed by atoms with Crippen LogP contribution in [0.25, 0.3) is 0 Å². The molecule has 0 bridgehead atoms. The van der Waals surface area contributed by atoms with Gasteiger partial charge < -0.3 is 10.2 Å². The first-order valence-electron chi connectivity index (χ1n) is 16.2. The fraction of sp³-hybridized carbons (Fsp3) is 0.545. The Bertz CT molecular complexity index is 1580. The van der Waals surface area contributed by atoms with Gasteiger partial charge in [-0.3, -0.25) is 9.02 Å². The van der Waals surface area contributed by atoms with Gasteiger partial charge in [-0.15, -0.1) is 0 Å². The molecule has 1 atom stereocenters. The fourth-order valence-electron chi connectivity index (χ4n) is 6.91. The predicted octanol–water partition coefficient (Wildman–Crippen LogP) is 6.48. The van der Waals surface area contributed by atoms with E-state index in [1.807, 2.05) is 48.7 Å². The molecule has 47 heavy (non-hydrogen) atoms. The largest absolute Gasteiger partial charge is 0.421 e. The van der Waals surface area contributed by atoms with Crippen LogP contribution in [0.5, 0.6) is 0 Å². The standard InChI is InChI=1S/C33H41F3N6O4S/c1-47(43,44)46-22-24-9-7-23(8-10-24)21-41-16-13-25(14-17-41)27-11-12-30(37-19-27)39-32-38-20-28(33(34,35)36)31(40-32)42-29(15-18-45-42)26-5-3-2-4-6-26/h2-6,11-12,19-20,23-25,29H,7-10,13-18,21-22H2,1H3,(H,37,38,39,40)/t23?,24?,29-/m0/s1. The molecular formula is C33H41F3N6O4S. The van der Waals surface area contributed by atoms with Crippen molar-refractivity contribution in [2.75, 3.05) is 49.5 Å². The normalized spacial score (nSPS) is 23.2. The highest BCUT2D eigenvalue weighted by molar-refractivity contribution is 7.85. The molecule has 14 heteroatoms. The van der Waals surface area contributed by atoms with Gasteiger partial charge >= 0.3 is 6.18 Å². The maximum atomic E-state index is 14.0. The maximum Gasteiger partial charge on any atom is 0.421 e. The van der Waals surface area contributed by atoms with E-state index in [9.17, 15) is 21.6 Å². The summed E-state index contributed by atoms with van der Waals surface area (Å²) in [6, 6.07) is 12.7. The lowest BCUT2D eigenvalue weighted by molar-refractivity contribution is -0.138. The number of likely N-dealkylation sites (tertiary alicyclic amines) is 1. The highest BCUT2D eigenvalue weighted by Crippen LogP contribution is 2.42. The number of halogens is 3. The molecule has 10 nitrogen and oxygen atoms in total. The van der Waals surface area contributed by atoms with Crippen molar-refractivity contribution in [3.63, 3.8) is 0 Å². The monoisotopic (exact) mass is 674 g/mol. The van der Waals surface area contributed by atoms with Crippen molar-refractivity contribution in [1.29, 1.82) is 0 Å². The molecule has 6 rings (SSSR count). The van der Waals surface area contributed by atoms with Gasteiger partial charge in [0.15, 0.2) is 5.82 Å². The van der Waals surface area contributed by atoms with E-state index in [-0.39, 0.29) is 18.4 Å². The molecule has 1 saturated carbocycles. The molecule has 2 aliphatic heterocycles. The summed E-state index contributed by atoms with van der Waals surface area (Å²) in [6.07, 6.45) is 5.82. The van der Waals surface area contributed by atoms with Crippen LogP contribution in [-0.4, -0.2) is 67.4 Å². The van der Waals surface area contributed by atoms with Gasteiger partial charge in [0.2, 0.25) is 5.95 Å². The summed E-state index contributed by atoms with van der Waals surface area (Å²) in [4.78, 5) is 21.0. The van der Waals surface area contributed by atoms with Crippen LogP contribution < -0.4 is 10.4 Å². The second-order valence-electron chi connectivity index (χ2n) is 12.9. The van der Waals surface area contributed by atoms with Crippen LogP contribution in [0.1, 0.15) is 73.6 Å². The van der Waals surface area contributed by atoms with Gasteiger partial charge in [0, 0.05) is 25.4 Å². The Morgan fingerprint density at radius 1 is 0.915 bits per heavy atom. The van der Waals surface area contributed by atoms with E-state index in [1.165, 1.54) is 5.06 Å². The molecule has 0 amide bonds. The Labute approximate surface area is 273 Å². The molecule has 0 radical (unpaired) electrons. The molecule has 1 aliphatic carbocycles. The first-order chi connectivity index (χ1) is 22.5. The summed E-state index contributed by atoms with van der Waals surface area (Å²) in [5.74, 6) is 1.43. The summed E-state index contributed by atoms with van der Waals surface area (Å²) < 4.78 is 69.6. The summed E-state index contributed by atoms with van der Waals surface area (Å²) in [5.41, 5.74) is 1.01. The first kappa shape index (κ1) is 33.6. The van der Waals surface area contributed by atoms with Crippen LogP contribution in [0.15, 0.2) is 54.9 Å². The number of nitrogens with zero attached hydrogens (tertiary/aromatic N) is 5. The van der Waals surface area contributed by atoms with Crippen LogP contribution in [0.2, 0.25) is 0 Å². The van der Waals surface area contributed by atoms with Gasteiger partial charge in [0.1, 0.15) is 11.4 Å². The molecule has 1 N–H and O–H groups in total. The highest BCUT2D eigenvalue weighted by atomic mass is 32.2. The molecule has 3 fully saturated rings. The lowest BCUT2D eigenvalue weighted by atomic mass is 9.81. The summed E-state index contributed by atoms with van der Waals surface area (Å²) >= 11 is 0. The number of alkyl halides is 3. The van der Waals surface area contributed by atoms with E-state index in [0.717, 1.165) is 81.7 Å². The van der Waals surface area contributed by atoms with Crippen molar-refractivity contribution in [3.8, 4) is 0 Å². The minimum Gasteiger partial charge on any atom is -0.309 e. The molecule has 3 aliphatic rings. The van der Waals surface area contributed by atoms with Crippen LogP contribution in [-0.2, 0) is 25.3 Å². The second-order valence-corrected chi connectivity index (χ2v) is 14.5. The number of nitrogens with one attached hydrogen (secondary N) is 1. The van der Waals surface area contributed by atoms with Gasteiger partial charge in [-0.05, 0) is 86.6 Å². The third kappa shape index (κ3) is 8.78. The van der Waals surface area contributed by atoms with Crippen molar-refractivity contribution in [2.24, 2.45) is 11.8 Å². The molecule has 0 spiro atoms. The number of piperidine rings is 1. The Morgan fingerprint density at radius 2 is 1.64 bits per heavy atom. The van der Waals surface area contributed by atoms with Crippen LogP contribution >= 0.6 is 0 Å². The number of hydrogen-bond donors (Lipinski definition) is 1. The average Bonchev–Trinajstić information content (AvgIpc) is 3.55. The number of anilines is 3. The minimum atomic E-state index is -4.66. The molecule has 0 unspecified atom stereocenters. The van der Waals surface area contributed by atoms with Gasteiger partial charge in [-0.25, -0.2) is 15.0 Å². The fourth-order valence-corrected chi connectivity index (χ4v) is 7.35. The predicted molar refractivity (Wildman–Crippen MR) is 171 cm³/mol. The summed E-state index contributed by atoms with van der Waals surface area (Å²) in [6.45, 7) is 3.65. The van der Waals surface area contributed by atoms with Crippen LogP contribution in [0, 0.1) is 11.8 Å². The number of rotatable bonds is 10. The highest BCUT2D eigenvalue weighted by Gasteiger charge is 2.40. The SMILES string of the molecule is CS(=O)(=O)OCC1CCC(CN2CCC(c3ccc(Nc4ncc(C(F)(F)F)c(N5OCC[C@H]5c5ccccc5)n4)nc3)CC2)CC1. The Kier molecular flexibility index (Phi) is 10.3. The van der Waals surface area contributed by atoms with Crippen molar-refractivity contribution >= 4 is 27.7 Å². The summed E-state index contributed by atoms with van der Waals surface area (Å²) in [7, 11) is -3.39. The second kappa shape index (κ2) is 14.4. The quantitative estimate of drug-likeness (QED) is 0.240. The Hall–Kier alpha value is -3.33. The van der Waals surface area contributed by atoms with Crippen LogP contribution in [0.3, 0.4) is 0 Å². The summed E-state index contributed by atoms with van der Waals surface area (Å²) in [5, 5.41) is 4.22. The number of hydroxylamine groups is 1. The third-order valence-electron chi connectivity index (χ3n) is 9.46. The van der Waals surface area contributed by atoms with E-state index in [4.69, 9.17) is 9.02 Å². The number of hydrogen-bond acceptors (Lipinski definition) is 10. The molecule has 254 valence electrons. The average molecular weight is 675 g/mol. The van der Waals surface area contributed by atoms with Crippen molar-refractivity contribution < 1.29 is 30.6 Å². The van der Waals surface area contributed by atoms with E-state index in [2.05, 4.69) is 25.2 Å². The van der Waals surface area contributed by atoms with Gasteiger partial charge in [0.25, 0.3) is 10.1 Å². The maximum absolute atomic E-state index is 14.0. The van der Waals surface area contributed by atoms with Crippen LogP contribution in [0.4, 0.5) is 30.8 Å². The van der Waals surface area contributed by atoms with E-state index < -0.39 is 27.9 Å². The molecule has 1 aromatic carbocycles. The lowest BCUT2D eigenvalue weighted by Gasteiger charge is -2.36. The van der Waals surface area contributed by atoms with Gasteiger partial charge in [0.05, 0.1) is 25.5 Å².